The van der Waals surface area contributed by atoms with Crippen LogP contribution < -0.4 is 0 Å². The van der Waals surface area contributed by atoms with Gasteiger partial charge in [-0.05, 0) is 38.0 Å². The fourth-order valence-corrected chi connectivity index (χ4v) is 2.56. The molecule has 0 radical (unpaired) electrons. The molecule has 0 heterocycles. The van der Waals surface area contributed by atoms with Crippen LogP contribution in [0, 0.1) is 17.8 Å². The van der Waals surface area contributed by atoms with E-state index < -0.39 is 12.0 Å². The van der Waals surface area contributed by atoms with Crippen molar-refractivity contribution in [2.75, 3.05) is 7.05 Å². The highest BCUT2D eigenvalue weighted by Crippen LogP contribution is 2.54. The Morgan fingerprint density at radius 3 is 2.27 bits per heavy atom. The summed E-state index contributed by atoms with van der Waals surface area (Å²) < 4.78 is 0. The molecule has 2 rings (SSSR count). The van der Waals surface area contributed by atoms with Crippen molar-refractivity contribution >= 4 is 11.9 Å². The Labute approximate surface area is 89.3 Å². The number of rotatable bonds is 3. The number of hydrogen-bond acceptors (Lipinski definition) is 2. The molecule has 15 heavy (non-hydrogen) atoms. The predicted octanol–water partition coefficient (Wildman–Crippen LogP) is 0.964. The zero-order chi connectivity index (χ0) is 11.2. The summed E-state index contributed by atoms with van der Waals surface area (Å²) in [5.74, 6) is 0.673. The summed E-state index contributed by atoms with van der Waals surface area (Å²) in [6.45, 7) is 1.55. The third-order valence-corrected chi connectivity index (χ3v) is 3.88. The topological polar surface area (TPSA) is 57.6 Å². The molecular formula is C11H17NO3. The van der Waals surface area contributed by atoms with E-state index in [0.717, 1.165) is 24.7 Å². The van der Waals surface area contributed by atoms with E-state index in [1.807, 2.05) is 0 Å². The van der Waals surface area contributed by atoms with Crippen molar-refractivity contribution in [3.05, 3.63) is 0 Å². The molecule has 3 atom stereocenters. The third-order valence-electron chi connectivity index (χ3n) is 3.88. The Bertz CT molecular complexity index is 292. The maximum absolute atomic E-state index is 11.9. The van der Waals surface area contributed by atoms with Gasteiger partial charge >= 0.3 is 5.97 Å². The Balaban J connectivity index is 1.92. The van der Waals surface area contributed by atoms with Crippen LogP contribution in [0.5, 0.6) is 0 Å². The van der Waals surface area contributed by atoms with Crippen molar-refractivity contribution in [1.29, 1.82) is 0 Å². The van der Waals surface area contributed by atoms with E-state index in [1.54, 1.807) is 14.0 Å². The van der Waals surface area contributed by atoms with E-state index in [1.165, 1.54) is 11.3 Å². The van der Waals surface area contributed by atoms with Gasteiger partial charge in [-0.15, -0.1) is 0 Å². The maximum Gasteiger partial charge on any atom is 0.326 e. The molecule has 0 aromatic heterocycles. The maximum atomic E-state index is 11.9. The standard InChI is InChI=1S/C11H17NO3/c1-6(11(14)15)12(2)10(13)9-4-7-3-8(7)5-9/h6-9H,3-5H2,1-2H3,(H,14,15). The van der Waals surface area contributed by atoms with Crippen LogP contribution in [0.15, 0.2) is 0 Å². The normalized spacial score (nSPS) is 34.4. The molecular weight excluding hydrogens is 194 g/mol. The van der Waals surface area contributed by atoms with Gasteiger partial charge in [-0.1, -0.05) is 0 Å². The second-order valence-electron chi connectivity index (χ2n) is 4.89. The number of carboxylic acid groups (broad SMARTS) is 1. The molecule has 0 bridgehead atoms. The van der Waals surface area contributed by atoms with Gasteiger partial charge in [0.05, 0.1) is 0 Å². The minimum Gasteiger partial charge on any atom is -0.480 e. The zero-order valence-electron chi connectivity index (χ0n) is 9.14. The number of aliphatic carboxylic acids is 1. The second-order valence-corrected chi connectivity index (χ2v) is 4.89. The number of carboxylic acids is 1. The average molecular weight is 211 g/mol. The van der Waals surface area contributed by atoms with Crippen LogP contribution in [0.1, 0.15) is 26.2 Å². The van der Waals surface area contributed by atoms with Gasteiger partial charge < -0.3 is 10.0 Å². The quantitative estimate of drug-likeness (QED) is 0.756. The van der Waals surface area contributed by atoms with Crippen molar-refractivity contribution < 1.29 is 14.7 Å². The average Bonchev–Trinajstić information content (AvgIpc) is 2.82. The van der Waals surface area contributed by atoms with E-state index in [2.05, 4.69) is 0 Å². The van der Waals surface area contributed by atoms with Crippen LogP contribution in [-0.4, -0.2) is 35.0 Å². The number of carbonyl (C=O) groups is 2. The molecule has 0 aliphatic heterocycles. The van der Waals surface area contributed by atoms with Crippen LogP contribution in [0.2, 0.25) is 0 Å². The molecule has 3 unspecified atom stereocenters. The largest absolute Gasteiger partial charge is 0.480 e. The minimum absolute atomic E-state index is 0.0112. The van der Waals surface area contributed by atoms with Crippen molar-refractivity contribution in [3.8, 4) is 0 Å². The molecule has 4 heteroatoms. The zero-order valence-corrected chi connectivity index (χ0v) is 9.14. The number of fused-ring (bicyclic) bond motifs is 1. The highest BCUT2D eigenvalue weighted by molar-refractivity contribution is 5.84. The van der Waals surface area contributed by atoms with Crippen molar-refractivity contribution in [2.24, 2.45) is 17.8 Å². The number of amides is 1. The first-order chi connectivity index (χ1) is 7.00. The van der Waals surface area contributed by atoms with Gasteiger partial charge in [-0.3, -0.25) is 4.79 Å². The molecule has 0 aromatic carbocycles. The van der Waals surface area contributed by atoms with Gasteiger partial charge in [0.25, 0.3) is 0 Å². The predicted molar refractivity (Wildman–Crippen MR) is 54.2 cm³/mol. The Hall–Kier alpha value is -1.06. The molecule has 1 N–H and O–H groups in total. The molecule has 0 spiro atoms. The SMILES string of the molecule is CC(C(=O)O)N(C)C(=O)C1CC2CC2C1. The molecule has 2 fully saturated rings. The number of carbonyl (C=O) groups excluding carboxylic acids is 1. The summed E-state index contributed by atoms with van der Waals surface area (Å²) in [6, 6.07) is -0.713. The highest BCUT2D eigenvalue weighted by atomic mass is 16.4. The highest BCUT2D eigenvalue weighted by Gasteiger charge is 2.48. The first-order valence-electron chi connectivity index (χ1n) is 5.50. The molecule has 4 nitrogen and oxygen atoms in total. The Morgan fingerprint density at radius 2 is 1.80 bits per heavy atom. The molecule has 2 aliphatic rings. The van der Waals surface area contributed by atoms with Crippen LogP contribution in [-0.2, 0) is 9.59 Å². The number of likely N-dealkylation sites (N-methyl/N-ethyl adjacent to an activating group) is 1. The first-order valence-corrected chi connectivity index (χ1v) is 5.50. The van der Waals surface area contributed by atoms with Crippen LogP contribution in [0.25, 0.3) is 0 Å². The second kappa shape index (κ2) is 3.51. The van der Waals surface area contributed by atoms with Gasteiger partial charge in [-0.25, -0.2) is 4.79 Å². The molecule has 0 saturated heterocycles. The van der Waals surface area contributed by atoms with Gasteiger partial charge in [0.2, 0.25) is 5.91 Å². The summed E-state index contributed by atoms with van der Waals surface area (Å²) in [4.78, 5) is 24.0. The van der Waals surface area contributed by atoms with Gasteiger partial charge in [0, 0.05) is 13.0 Å². The Morgan fingerprint density at radius 1 is 1.27 bits per heavy atom. The summed E-state index contributed by atoms with van der Waals surface area (Å²) in [7, 11) is 1.59. The Kier molecular flexibility index (Phi) is 2.44. The lowest BCUT2D eigenvalue weighted by atomic mass is 10.0. The first kappa shape index (κ1) is 10.5. The number of nitrogens with zero attached hydrogens (tertiary/aromatic N) is 1. The van der Waals surface area contributed by atoms with E-state index in [9.17, 15) is 9.59 Å². The van der Waals surface area contributed by atoms with Gasteiger partial charge in [-0.2, -0.15) is 0 Å². The summed E-state index contributed by atoms with van der Waals surface area (Å²) in [6.07, 6.45) is 3.22. The van der Waals surface area contributed by atoms with E-state index >= 15 is 0 Å². The minimum atomic E-state index is -0.936. The third kappa shape index (κ3) is 1.85. The smallest absolute Gasteiger partial charge is 0.326 e. The van der Waals surface area contributed by atoms with Crippen LogP contribution in [0.4, 0.5) is 0 Å². The van der Waals surface area contributed by atoms with Crippen molar-refractivity contribution in [3.63, 3.8) is 0 Å². The van der Waals surface area contributed by atoms with Crippen molar-refractivity contribution in [1.82, 2.24) is 4.90 Å². The summed E-state index contributed by atoms with van der Waals surface area (Å²) in [5.41, 5.74) is 0. The molecule has 0 aromatic rings. The van der Waals surface area contributed by atoms with Gasteiger partial charge in [0.15, 0.2) is 0 Å². The molecule has 84 valence electrons. The van der Waals surface area contributed by atoms with Crippen molar-refractivity contribution in [2.45, 2.75) is 32.2 Å². The van der Waals surface area contributed by atoms with E-state index in [-0.39, 0.29) is 11.8 Å². The lowest BCUT2D eigenvalue weighted by Crippen LogP contribution is -2.43. The molecule has 1 amide bonds. The summed E-state index contributed by atoms with van der Waals surface area (Å²) in [5, 5.41) is 8.81. The monoisotopic (exact) mass is 211 g/mol. The number of hydrogen-bond donors (Lipinski definition) is 1. The van der Waals surface area contributed by atoms with E-state index in [0.29, 0.717) is 0 Å². The van der Waals surface area contributed by atoms with Gasteiger partial charge in [0.1, 0.15) is 6.04 Å². The molecule has 2 saturated carbocycles. The fourth-order valence-electron chi connectivity index (χ4n) is 2.56. The fraction of sp³-hybridized carbons (Fsp3) is 0.818. The van der Waals surface area contributed by atoms with E-state index in [4.69, 9.17) is 5.11 Å². The summed E-state index contributed by atoms with van der Waals surface area (Å²) >= 11 is 0. The lowest BCUT2D eigenvalue weighted by molar-refractivity contribution is -0.149. The molecule has 2 aliphatic carbocycles. The van der Waals surface area contributed by atoms with Crippen LogP contribution in [0.3, 0.4) is 0 Å². The van der Waals surface area contributed by atoms with Crippen LogP contribution >= 0.6 is 0 Å². The lowest BCUT2D eigenvalue weighted by Gasteiger charge is -2.25.